The number of benzene rings is 1. The van der Waals surface area contributed by atoms with E-state index in [1.165, 1.54) is 6.07 Å². The molecule has 0 aromatic heterocycles. The van der Waals surface area contributed by atoms with E-state index in [0.29, 0.717) is 25.4 Å². The molecule has 0 bridgehead atoms. The van der Waals surface area contributed by atoms with Crippen molar-refractivity contribution in [1.82, 2.24) is 0 Å². The maximum atomic E-state index is 13.1. The predicted molar refractivity (Wildman–Crippen MR) is 74.7 cm³/mol. The third-order valence-electron chi connectivity index (χ3n) is 3.56. The third-order valence-corrected chi connectivity index (χ3v) is 3.56. The molecule has 1 atom stereocenters. The molecule has 1 aliphatic heterocycles. The van der Waals surface area contributed by atoms with Gasteiger partial charge in [-0.1, -0.05) is 6.92 Å². The third kappa shape index (κ3) is 3.47. The number of nitrogen functional groups attached to an aromatic ring is 1. The number of nitrogens with two attached hydrogens (primary N) is 1. The molecule has 116 valence electrons. The van der Waals surface area contributed by atoms with Crippen molar-refractivity contribution in [3.63, 3.8) is 0 Å². The second kappa shape index (κ2) is 5.93. The number of alkyl halides is 3. The fraction of sp³-hybridized carbons (Fsp3) is 0.500. The highest BCUT2D eigenvalue weighted by molar-refractivity contribution is 5.97. The Bertz CT molecular complexity index is 531. The van der Waals surface area contributed by atoms with Crippen LogP contribution in [0.15, 0.2) is 18.2 Å². The molecule has 1 saturated heterocycles. The molecule has 0 aliphatic carbocycles. The van der Waals surface area contributed by atoms with Crippen LogP contribution in [0, 0.1) is 5.41 Å². The number of amidine groups is 1. The summed E-state index contributed by atoms with van der Waals surface area (Å²) >= 11 is 0. The Morgan fingerprint density at radius 3 is 2.76 bits per heavy atom. The predicted octanol–water partition coefficient (Wildman–Crippen LogP) is 2.60. The van der Waals surface area contributed by atoms with E-state index >= 15 is 0 Å². The van der Waals surface area contributed by atoms with Gasteiger partial charge in [0.05, 0.1) is 18.3 Å². The van der Waals surface area contributed by atoms with Crippen LogP contribution in [-0.2, 0) is 10.9 Å². The molecule has 1 heterocycles. The Hall–Kier alpha value is -1.76. The van der Waals surface area contributed by atoms with E-state index < -0.39 is 17.6 Å². The Kier molecular flexibility index (Phi) is 4.41. The van der Waals surface area contributed by atoms with Crippen LogP contribution in [0.1, 0.15) is 24.5 Å². The van der Waals surface area contributed by atoms with Gasteiger partial charge in [-0.2, -0.15) is 13.2 Å². The van der Waals surface area contributed by atoms with Gasteiger partial charge in [-0.15, -0.1) is 0 Å². The molecule has 0 spiro atoms. The van der Waals surface area contributed by atoms with Gasteiger partial charge < -0.3 is 15.4 Å². The number of hydrogen-bond donors (Lipinski definition) is 2. The molecule has 1 aromatic rings. The summed E-state index contributed by atoms with van der Waals surface area (Å²) in [5.41, 5.74) is 4.56. The standard InChI is InChI=1S/C14H18F3N3O/c1-2-10-8-20(5-6-21-10)9-3-4-11(13(18)19)12(7-9)14(15,16)17/h3-4,7,10H,2,5-6,8H2,1H3,(H3,18,19). The summed E-state index contributed by atoms with van der Waals surface area (Å²) in [6.07, 6.45) is -3.69. The molecular formula is C14H18F3N3O. The minimum absolute atomic E-state index is 0.0283. The smallest absolute Gasteiger partial charge is 0.384 e. The SMILES string of the molecule is CCC1CN(c2ccc(C(=N)N)c(C(F)(F)F)c2)CCO1. The zero-order chi connectivity index (χ0) is 15.6. The summed E-state index contributed by atoms with van der Waals surface area (Å²) in [7, 11) is 0. The van der Waals surface area contributed by atoms with Crippen molar-refractivity contribution in [3.05, 3.63) is 29.3 Å². The first-order valence-electron chi connectivity index (χ1n) is 6.75. The van der Waals surface area contributed by atoms with Gasteiger partial charge in [0, 0.05) is 24.3 Å². The van der Waals surface area contributed by atoms with E-state index in [4.69, 9.17) is 15.9 Å². The number of anilines is 1. The van der Waals surface area contributed by atoms with Crippen molar-refractivity contribution >= 4 is 11.5 Å². The Morgan fingerprint density at radius 1 is 1.48 bits per heavy atom. The number of nitrogens with zero attached hydrogens (tertiary/aromatic N) is 1. The molecule has 3 N–H and O–H groups in total. The van der Waals surface area contributed by atoms with Gasteiger partial charge in [0.15, 0.2) is 0 Å². The van der Waals surface area contributed by atoms with Crippen LogP contribution in [0.25, 0.3) is 0 Å². The monoisotopic (exact) mass is 301 g/mol. The maximum Gasteiger partial charge on any atom is 0.417 e. The molecule has 7 heteroatoms. The molecule has 0 radical (unpaired) electrons. The fourth-order valence-corrected chi connectivity index (χ4v) is 2.40. The number of hydrogen-bond acceptors (Lipinski definition) is 3. The van der Waals surface area contributed by atoms with E-state index in [9.17, 15) is 13.2 Å². The quantitative estimate of drug-likeness (QED) is 0.666. The summed E-state index contributed by atoms with van der Waals surface area (Å²) in [4.78, 5) is 1.87. The first kappa shape index (κ1) is 15.6. The van der Waals surface area contributed by atoms with Crippen LogP contribution in [-0.4, -0.2) is 31.6 Å². The lowest BCUT2D eigenvalue weighted by molar-refractivity contribution is -0.137. The fourth-order valence-electron chi connectivity index (χ4n) is 2.40. The zero-order valence-corrected chi connectivity index (χ0v) is 11.7. The van der Waals surface area contributed by atoms with Gasteiger partial charge in [0.2, 0.25) is 0 Å². The van der Waals surface area contributed by atoms with E-state index in [1.807, 2.05) is 11.8 Å². The molecule has 1 aliphatic rings. The highest BCUT2D eigenvalue weighted by Crippen LogP contribution is 2.35. The normalized spacial score (nSPS) is 19.6. The van der Waals surface area contributed by atoms with Crippen LogP contribution in [0.3, 0.4) is 0 Å². The van der Waals surface area contributed by atoms with Crippen molar-refractivity contribution in [1.29, 1.82) is 5.41 Å². The van der Waals surface area contributed by atoms with Gasteiger partial charge in [0.25, 0.3) is 0 Å². The average molecular weight is 301 g/mol. The first-order valence-corrected chi connectivity index (χ1v) is 6.75. The molecule has 0 saturated carbocycles. The van der Waals surface area contributed by atoms with E-state index in [1.54, 1.807) is 6.07 Å². The molecule has 0 amide bonds. The van der Waals surface area contributed by atoms with Crippen molar-refractivity contribution in [3.8, 4) is 0 Å². The van der Waals surface area contributed by atoms with Crippen LogP contribution < -0.4 is 10.6 Å². The van der Waals surface area contributed by atoms with Gasteiger partial charge >= 0.3 is 6.18 Å². The van der Waals surface area contributed by atoms with Gasteiger partial charge in [-0.05, 0) is 24.6 Å². The summed E-state index contributed by atoms with van der Waals surface area (Å²) in [6.45, 7) is 3.59. The Labute approximate surface area is 121 Å². The molecule has 2 rings (SSSR count). The van der Waals surface area contributed by atoms with Gasteiger partial charge in [-0.25, -0.2) is 0 Å². The summed E-state index contributed by atoms with van der Waals surface area (Å²) < 4.78 is 44.8. The molecule has 1 unspecified atom stereocenters. The lowest BCUT2D eigenvalue weighted by Crippen LogP contribution is -2.42. The zero-order valence-electron chi connectivity index (χ0n) is 11.7. The lowest BCUT2D eigenvalue weighted by atomic mass is 10.0. The number of ether oxygens (including phenoxy) is 1. The van der Waals surface area contributed by atoms with Crippen molar-refractivity contribution in [2.45, 2.75) is 25.6 Å². The summed E-state index contributed by atoms with van der Waals surface area (Å²) in [6, 6.07) is 3.90. The summed E-state index contributed by atoms with van der Waals surface area (Å²) in [5, 5.41) is 7.28. The van der Waals surface area contributed by atoms with Crippen molar-refractivity contribution in [2.75, 3.05) is 24.6 Å². The molecule has 1 fully saturated rings. The van der Waals surface area contributed by atoms with Crippen molar-refractivity contribution < 1.29 is 17.9 Å². The molecule has 4 nitrogen and oxygen atoms in total. The average Bonchev–Trinajstić information content (AvgIpc) is 2.45. The summed E-state index contributed by atoms with van der Waals surface area (Å²) in [5.74, 6) is -0.581. The van der Waals surface area contributed by atoms with E-state index in [2.05, 4.69) is 0 Å². The second-order valence-electron chi connectivity index (χ2n) is 4.99. The largest absolute Gasteiger partial charge is 0.417 e. The van der Waals surface area contributed by atoms with E-state index in [0.717, 1.165) is 12.5 Å². The molecule has 21 heavy (non-hydrogen) atoms. The molecule has 1 aromatic carbocycles. The minimum atomic E-state index is -4.53. The second-order valence-corrected chi connectivity index (χ2v) is 4.99. The minimum Gasteiger partial charge on any atom is -0.384 e. The van der Waals surface area contributed by atoms with Gasteiger partial charge in [0.1, 0.15) is 5.84 Å². The number of rotatable bonds is 3. The topological polar surface area (TPSA) is 62.3 Å². The Morgan fingerprint density at radius 2 is 2.19 bits per heavy atom. The maximum absolute atomic E-state index is 13.1. The van der Waals surface area contributed by atoms with Crippen LogP contribution in [0.5, 0.6) is 0 Å². The van der Waals surface area contributed by atoms with E-state index in [-0.39, 0.29) is 11.7 Å². The van der Waals surface area contributed by atoms with Crippen molar-refractivity contribution in [2.24, 2.45) is 5.73 Å². The highest BCUT2D eigenvalue weighted by Gasteiger charge is 2.35. The number of morpholine rings is 1. The Balaban J connectivity index is 2.35. The van der Waals surface area contributed by atoms with Gasteiger partial charge in [-0.3, -0.25) is 5.41 Å². The van der Waals surface area contributed by atoms with Crippen LogP contribution >= 0.6 is 0 Å². The van der Waals surface area contributed by atoms with Crippen LogP contribution in [0.2, 0.25) is 0 Å². The highest BCUT2D eigenvalue weighted by atomic mass is 19.4. The molecular weight excluding hydrogens is 283 g/mol. The number of halogens is 3. The lowest BCUT2D eigenvalue weighted by Gasteiger charge is -2.34. The van der Waals surface area contributed by atoms with Crippen LogP contribution in [0.4, 0.5) is 18.9 Å². The number of nitrogens with one attached hydrogen (secondary N) is 1. The first-order chi connectivity index (χ1) is 9.82.